The molecule has 1 atom stereocenters. The molecule has 1 aliphatic rings. The van der Waals surface area contributed by atoms with Crippen LogP contribution in [0.5, 0.6) is 0 Å². The monoisotopic (exact) mass is 258 g/mol. The summed E-state index contributed by atoms with van der Waals surface area (Å²) in [4.78, 5) is 4.54. The summed E-state index contributed by atoms with van der Waals surface area (Å²) in [7, 11) is 0. The molecule has 1 fully saturated rings. The van der Waals surface area contributed by atoms with Gasteiger partial charge in [0.1, 0.15) is 0 Å². The molecule has 0 radical (unpaired) electrons. The molecular formula is C14H18N4O. The van der Waals surface area contributed by atoms with E-state index in [0.29, 0.717) is 12.4 Å². The van der Waals surface area contributed by atoms with Crippen molar-refractivity contribution in [1.82, 2.24) is 15.5 Å². The number of nitrogens with one attached hydrogen (secondary N) is 1. The summed E-state index contributed by atoms with van der Waals surface area (Å²) in [6.07, 6.45) is 1.03. The van der Waals surface area contributed by atoms with Gasteiger partial charge in [-0.05, 0) is 25.5 Å². The van der Waals surface area contributed by atoms with E-state index in [-0.39, 0.29) is 5.41 Å². The highest BCUT2D eigenvalue weighted by atomic mass is 16.5. The lowest BCUT2D eigenvalue weighted by atomic mass is 9.90. The zero-order chi connectivity index (χ0) is 13.3. The van der Waals surface area contributed by atoms with Gasteiger partial charge in [0.2, 0.25) is 11.7 Å². The van der Waals surface area contributed by atoms with E-state index in [4.69, 9.17) is 10.3 Å². The quantitative estimate of drug-likeness (QED) is 0.871. The van der Waals surface area contributed by atoms with Crippen LogP contribution in [0.25, 0.3) is 11.4 Å². The van der Waals surface area contributed by atoms with E-state index in [9.17, 15) is 0 Å². The van der Waals surface area contributed by atoms with E-state index in [1.54, 1.807) is 0 Å². The van der Waals surface area contributed by atoms with Crippen LogP contribution in [-0.2, 0) is 12.0 Å². The number of benzene rings is 1. The van der Waals surface area contributed by atoms with Gasteiger partial charge < -0.3 is 15.6 Å². The molecule has 0 bridgehead atoms. The van der Waals surface area contributed by atoms with Crippen LogP contribution in [0.1, 0.15) is 24.8 Å². The summed E-state index contributed by atoms with van der Waals surface area (Å²) in [5.74, 6) is 1.36. The first-order valence-corrected chi connectivity index (χ1v) is 6.55. The second-order valence-electron chi connectivity index (χ2n) is 5.31. The first-order valence-electron chi connectivity index (χ1n) is 6.55. The van der Waals surface area contributed by atoms with Crippen molar-refractivity contribution in [3.63, 3.8) is 0 Å². The molecule has 1 saturated heterocycles. The van der Waals surface area contributed by atoms with Gasteiger partial charge in [0.15, 0.2) is 0 Å². The van der Waals surface area contributed by atoms with Crippen LogP contribution in [0.4, 0.5) is 0 Å². The number of nitrogens with two attached hydrogens (primary N) is 1. The van der Waals surface area contributed by atoms with E-state index < -0.39 is 0 Å². The lowest BCUT2D eigenvalue weighted by molar-refractivity contribution is 0.306. The lowest BCUT2D eigenvalue weighted by Gasteiger charge is -2.15. The molecule has 2 aromatic rings. The maximum absolute atomic E-state index is 5.59. The zero-order valence-electron chi connectivity index (χ0n) is 11.0. The Morgan fingerprint density at radius 1 is 1.37 bits per heavy atom. The highest BCUT2D eigenvalue weighted by Crippen LogP contribution is 2.30. The minimum atomic E-state index is -0.0392. The first kappa shape index (κ1) is 12.3. The molecule has 100 valence electrons. The standard InChI is InChI=1S/C14H18N4O/c1-14(6-7-16-9-14)13-17-12(18-19-13)11-4-2-10(8-15)3-5-11/h2-5,16H,6-9,15H2,1H3. The third kappa shape index (κ3) is 2.27. The predicted molar refractivity (Wildman–Crippen MR) is 72.5 cm³/mol. The Kier molecular flexibility index (Phi) is 3.08. The van der Waals surface area contributed by atoms with Crippen molar-refractivity contribution >= 4 is 0 Å². The van der Waals surface area contributed by atoms with Gasteiger partial charge in [-0.1, -0.05) is 29.4 Å². The van der Waals surface area contributed by atoms with Crippen LogP contribution < -0.4 is 11.1 Å². The molecule has 0 spiro atoms. The number of nitrogens with zero attached hydrogens (tertiary/aromatic N) is 2. The van der Waals surface area contributed by atoms with Crippen molar-refractivity contribution in [3.8, 4) is 11.4 Å². The van der Waals surface area contributed by atoms with Crippen molar-refractivity contribution in [3.05, 3.63) is 35.7 Å². The maximum atomic E-state index is 5.59. The average Bonchev–Trinajstić information content (AvgIpc) is 3.08. The molecule has 1 aliphatic heterocycles. The van der Waals surface area contributed by atoms with Crippen LogP contribution in [0.3, 0.4) is 0 Å². The van der Waals surface area contributed by atoms with Crippen molar-refractivity contribution in [2.75, 3.05) is 13.1 Å². The van der Waals surface area contributed by atoms with Crippen molar-refractivity contribution in [2.24, 2.45) is 5.73 Å². The van der Waals surface area contributed by atoms with Gasteiger partial charge in [-0.2, -0.15) is 4.98 Å². The predicted octanol–water partition coefficient (Wildman–Crippen LogP) is 1.45. The molecule has 5 nitrogen and oxygen atoms in total. The van der Waals surface area contributed by atoms with Gasteiger partial charge in [0.05, 0.1) is 5.41 Å². The molecule has 1 aromatic carbocycles. The molecular weight excluding hydrogens is 240 g/mol. The lowest BCUT2D eigenvalue weighted by Crippen LogP contribution is -2.25. The molecule has 5 heteroatoms. The van der Waals surface area contributed by atoms with E-state index in [0.717, 1.165) is 36.5 Å². The summed E-state index contributed by atoms with van der Waals surface area (Å²) in [5.41, 5.74) is 7.60. The second-order valence-corrected chi connectivity index (χ2v) is 5.31. The Morgan fingerprint density at radius 2 is 2.16 bits per heavy atom. The molecule has 3 rings (SSSR count). The summed E-state index contributed by atoms with van der Waals surface area (Å²) in [6.45, 7) is 4.59. The Bertz CT molecular complexity index is 555. The minimum absolute atomic E-state index is 0.0392. The average molecular weight is 258 g/mol. The SMILES string of the molecule is CC1(c2nc(-c3ccc(CN)cc3)no2)CCNC1. The maximum Gasteiger partial charge on any atom is 0.234 e. The third-order valence-corrected chi connectivity index (χ3v) is 3.76. The second kappa shape index (κ2) is 4.75. The van der Waals surface area contributed by atoms with E-state index >= 15 is 0 Å². The topological polar surface area (TPSA) is 77.0 Å². The zero-order valence-corrected chi connectivity index (χ0v) is 11.0. The summed E-state index contributed by atoms with van der Waals surface area (Å²) >= 11 is 0. The van der Waals surface area contributed by atoms with Crippen LogP contribution in [0.15, 0.2) is 28.8 Å². The normalized spacial score (nSPS) is 22.8. The molecule has 19 heavy (non-hydrogen) atoms. The Hall–Kier alpha value is -1.72. The summed E-state index contributed by atoms with van der Waals surface area (Å²) in [5, 5.41) is 7.42. The third-order valence-electron chi connectivity index (χ3n) is 3.76. The van der Waals surface area contributed by atoms with Crippen LogP contribution in [0.2, 0.25) is 0 Å². The highest BCUT2D eigenvalue weighted by Gasteiger charge is 2.36. The van der Waals surface area contributed by atoms with Crippen LogP contribution in [-0.4, -0.2) is 23.2 Å². The Morgan fingerprint density at radius 3 is 2.79 bits per heavy atom. The largest absolute Gasteiger partial charge is 0.338 e. The van der Waals surface area contributed by atoms with Crippen LogP contribution in [0, 0.1) is 0 Å². The minimum Gasteiger partial charge on any atom is -0.338 e. The van der Waals surface area contributed by atoms with Crippen LogP contribution >= 0.6 is 0 Å². The van der Waals surface area contributed by atoms with Crippen molar-refractivity contribution in [1.29, 1.82) is 0 Å². The Labute approximate surface area is 112 Å². The van der Waals surface area contributed by atoms with E-state index in [1.165, 1.54) is 0 Å². The molecule has 0 saturated carbocycles. The highest BCUT2D eigenvalue weighted by molar-refractivity contribution is 5.54. The smallest absolute Gasteiger partial charge is 0.234 e. The Balaban J connectivity index is 1.87. The molecule has 2 heterocycles. The molecule has 0 amide bonds. The molecule has 0 aliphatic carbocycles. The summed E-state index contributed by atoms with van der Waals surface area (Å²) in [6, 6.07) is 7.94. The van der Waals surface area contributed by atoms with Crippen molar-refractivity contribution in [2.45, 2.75) is 25.3 Å². The van der Waals surface area contributed by atoms with Gasteiger partial charge in [-0.3, -0.25) is 0 Å². The fraction of sp³-hybridized carbons (Fsp3) is 0.429. The van der Waals surface area contributed by atoms with E-state index in [1.807, 2.05) is 24.3 Å². The number of rotatable bonds is 3. The number of hydrogen-bond donors (Lipinski definition) is 2. The van der Waals surface area contributed by atoms with Gasteiger partial charge in [0, 0.05) is 18.7 Å². The first-order chi connectivity index (χ1) is 9.21. The van der Waals surface area contributed by atoms with Gasteiger partial charge in [-0.25, -0.2) is 0 Å². The van der Waals surface area contributed by atoms with Crippen molar-refractivity contribution < 1.29 is 4.52 Å². The number of hydrogen-bond acceptors (Lipinski definition) is 5. The fourth-order valence-electron chi connectivity index (χ4n) is 2.38. The van der Waals surface area contributed by atoms with Gasteiger partial charge >= 0.3 is 0 Å². The fourth-order valence-corrected chi connectivity index (χ4v) is 2.38. The summed E-state index contributed by atoms with van der Waals surface area (Å²) < 4.78 is 5.44. The molecule has 1 unspecified atom stereocenters. The van der Waals surface area contributed by atoms with Gasteiger partial charge in [0.25, 0.3) is 0 Å². The van der Waals surface area contributed by atoms with E-state index in [2.05, 4.69) is 22.4 Å². The number of aromatic nitrogens is 2. The van der Waals surface area contributed by atoms with Gasteiger partial charge in [-0.15, -0.1) is 0 Å². The molecule has 1 aromatic heterocycles. The molecule has 3 N–H and O–H groups in total.